The summed E-state index contributed by atoms with van der Waals surface area (Å²) >= 11 is 1.81. The van der Waals surface area contributed by atoms with Crippen LogP contribution in [0.3, 0.4) is 0 Å². The number of thioether (sulfide) groups is 1. The molecule has 2 unspecified atom stereocenters. The van der Waals surface area contributed by atoms with Crippen molar-refractivity contribution in [1.29, 1.82) is 0 Å². The maximum absolute atomic E-state index is 12.7. The van der Waals surface area contributed by atoms with Crippen molar-refractivity contribution in [3.05, 3.63) is 23.8 Å². The van der Waals surface area contributed by atoms with E-state index in [-0.39, 0.29) is 10.9 Å². The Balaban J connectivity index is 2.41. The van der Waals surface area contributed by atoms with Crippen molar-refractivity contribution < 1.29 is 8.42 Å². The molecule has 0 spiro atoms. The van der Waals surface area contributed by atoms with Crippen LogP contribution in [0.5, 0.6) is 0 Å². The number of nitrogen functional groups attached to an aromatic ring is 1. The Kier molecular flexibility index (Phi) is 4.13. The van der Waals surface area contributed by atoms with Gasteiger partial charge in [-0.3, -0.25) is 0 Å². The van der Waals surface area contributed by atoms with Crippen LogP contribution in [0.2, 0.25) is 0 Å². The van der Waals surface area contributed by atoms with Crippen molar-refractivity contribution >= 4 is 27.5 Å². The second-order valence-corrected chi connectivity index (χ2v) is 8.32. The highest BCUT2D eigenvalue weighted by Crippen LogP contribution is 2.31. The first kappa shape index (κ1) is 14.7. The van der Waals surface area contributed by atoms with E-state index in [9.17, 15) is 8.42 Å². The molecule has 0 radical (unpaired) electrons. The Morgan fingerprint density at radius 1 is 1.37 bits per heavy atom. The third-order valence-electron chi connectivity index (χ3n) is 3.58. The Labute approximate surface area is 119 Å². The van der Waals surface area contributed by atoms with Crippen molar-refractivity contribution in [2.45, 2.75) is 37.0 Å². The van der Waals surface area contributed by atoms with Gasteiger partial charge in [-0.25, -0.2) is 8.42 Å². The fourth-order valence-electron chi connectivity index (χ4n) is 2.27. The van der Waals surface area contributed by atoms with Crippen LogP contribution >= 0.6 is 11.8 Å². The second kappa shape index (κ2) is 5.34. The van der Waals surface area contributed by atoms with Gasteiger partial charge in [-0.15, -0.1) is 0 Å². The van der Waals surface area contributed by atoms with Crippen LogP contribution in [-0.2, 0) is 10.0 Å². The van der Waals surface area contributed by atoms with Gasteiger partial charge in [-0.2, -0.15) is 16.1 Å². The van der Waals surface area contributed by atoms with Gasteiger partial charge in [-0.05, 0) is 31.5 Å². The minimum absolute atomic E-state index is 0.00977. The topological polar surface area (TPSA) is 63.4 Å². The highest BCUT2D eigenvalue weighted by molar-refractivity contribution is 8.00. The molecule has 2 rings (SSSR count). The number of hydrogen-bond donors (Lipinski definition) is 1. The summed E-state index contributed by atoms with van der Waals surface area (Å²) in [6.07, 6.45) is 0. The van der Waals surface area contributed by atoms with E-state index in [4.69, 9.17) is 5.73 Å². The molecule has 106 valence electrons. The van der Waals surface area contributed by atoms with Gasteiger partial charge in [0.1, 0.15) is 4.90 Å². The third-order valence-corrected chi connectivity index (χ3v) is 6.98. The molecule has 0 aliphatic carbocycles. The Morgan fingerprint density at radius 3 is 2.68 bits per heavy atom. The monoisotopic (exact) mass is 300 g/mol. The van der Waals surface area contributed by atoms with Gasteiger partial charge >= 0.3 is 0 Å². The SMILES string of the molecule is Cc1ccc(S(=O)(=O)N2CCSC(C)C2C)c(N)c1. The lowest BCUT2D eigenvalue weighted by atomic mass is 10.2. The molecule has 0 aromatic heterocycles. The first-order chi connectivity index (χ1) is 8.84. The molecule has 0 saturated carbocycles. The molecule has 6 heteroatoms. The number of hydrogen-bond acceptors (Lipinski definition) is 4. The molecule has 1 aliphatic heterocycles. The number of benzene rings is 1. The molecule has 1 aliphatic rings. The van der Waals surface area contributed by atoms with Crippen LogP contribution in [0.4, 0.5) is 5.69 Å². The first-order valence-corrected chi connectivity index (χ1v) is 8.82. The van der Waals surface area contributed by atoms with Crippen molar-refractivity contribution in [3.63, 3.8) is 0 Å². The molecule has 2 N–H and O–H groups in total. The van der Waals surface area contributed by atoms with E-state index < -0.39 is 10.0 Å². The smallest absolute Gasteiger partial charge is 0.245 e. The average Bonchev–Trinajstić information content (AvgIpc) is 2.31. The fourth-order valence-corrected chi connectivity index (χ4v) is 5.37. The molecule has 1 heterocycles. The van der Waals surface area contributed by atoms with Crippen molar-refractivity contribution in [1.82, 2.24) is 4.31 Å². The predicted octanol–water partition coefficient (Wildman–Crippen LogP) is 2.09. The van der Waals surface area contributed by atoms with Crippen molar-refractivity contribution in [3.8, 4) is 0 Å². The van der Waals surface area contributed by atoms with Gasteiger partial charge in [0, 0.05) is 23.6 Å². The number of sulfonamides is 1. The molecule has 1 aromatic carbocycles. The molecule has 4 nitrogen and oxygen atoms in total. The van der Waals surface area contributed by atoms with Crippen LogP contribution in [0, 0.1) is 6.92 Å². The summed E-state index contributed by atoms with van der Waals surface area (Å²) < 4.78 is 27.0. The number of rotatable bonds is 2. The highest BCUT2D eigenvalue weighted by Gasteiger charge is 2.35. The lowest BCUT2D eigenvalue weighted by Crippen LogP contribution is -2.47. The van der Waals surface area contributed by atoms with Crippen LogP contribution in [0.15, 0.2) is 23.1 Å². The van der Waals surface area contributed by atoms with E-state index in [1.54, 1.807) is 22.5 Å². The van der Waals surface area contributed by atoms with Gasteiger partial charge in [0.2, 0.25) is 10.0 Å². The minimum atomic E-state index is -3.50. The van der Waals surface area contributed by atoms with Gasteiger partial charge < -0.3 is 5.73 Å². The predicted molar refractivity (Wildman–Crippen MR) is 80.9 cm³/mol. The summed E-state index contributed by atoms with van der Waals surface area (Å²) in [5, 5.41) is 0.301. The molecule has 1 aromatic rings. The number of aryl methyl sites for hydroxylation is 1. The number of nitrogens with zero attached hydrogens (tertiary/aromatic N) is 1. The molecular formula is C13H20N2O2S2. The number of nitrogens with two attached hydrogens (primary N) is 1. The molecule has 2 atom stereocenters. The number of anilines is 1. The summed E-state index contributed by atoms with van der Waals surface area (Å²) in [5.41, 5.74) is 7.18. The van der Waals surface area contributed by atoms with Gasteiger partial charge in [0.25, 0.3) is 0 Å². The molecule has 0 bridgehead atoms. The van der Waals surface area contributed by atoms with Crippen LogP contribution in [-0.4, -0.2) is 36.3 Å². The van der Waals surface area contributed by atoms with Crippen LogP contribution in [0.25, 0.3) is 0 Å². The summed E-state index contributed by atoms with van der Waals surface area (Å²) in [5.74, 6) is 0.830. The van der Waals surface area contributed by atoms with Gasteiger partial charge in [0.05, 0.1) is 5.69 Å². The first-order valence-electron chi connectivity index (χ1n) is 6.33. The Bertz CT molecular complexity index is 572. The van der Waals surface area contributed by atoms with Crippen LogP contribution in [0.1, 0.15) is 19.4 Å². The fraction of sp³-hybridized carbons (Fsp3) is 0.538. The average molecular weight is 300 g/mol. The normalized spacial score (nSPS) is 25.4. The van der Waals surface area contributed by atoms with Crippen LogP contribution < -0.4 is 5.73 Å². The summed E-state index contributed by atoms with van der Waals surface area (Å²) in [6.45, 7) is 6.47. The standard InChI is InChI=1S/C13H20N2O2S2/c1-9-4-5-13(12(14)8-9)19(16,17)15-6-7-18-11(3)10(15)2/h4-5,8,10-11H,6-7,14H2,1-3H3. The second-order valence-electron chi connectivity index (χ2n) is 4.97. The molecule has 1 fully saturated rings. The van der Waals surface area contributed by atoms with E-state index in [0.717, 1.165) is 11.3 Å². The lowest BCUT2D eigenvalue weighted by molar-refractivity contribution is 0.340. The largest absolute Gasteiger partial charge is 0.398 e. The summed E-state index contributed by atoms with van der Waals surface area (Å²) in [7, 11) is -3.50. The summed E-state index contributed by atoms with van der Waals surface area (Å²) in [6, 6.07) is 5.10. The Morgan fingerprint density at radius 2 is 2.05 bits per heavy atom. The van der Waals surface area contributed by atoms with Crippen molar-refractivity contribution in [2.75, 3.05) is 18.0 Å². The van der Waals surface area contributed by atoms with Gasteiger partial charge in [0.15, 0.2) is 0 Å². The van der Waals surface area contributed by atoms with E-state index >= 15 is 0 Å². The zero-order valence-corrected chi connectivity index (χ0v) is 13.1. The lowest BCUT2D eigenvalue weighted by Gasteiger charge is -2.36. The quantitative estimate of drug-likeness (QED) is 0.850. The molecule has 1 saturated heterocycles. The van der Waals surface area contributed by atoms with E-state index in [1.807, 2.05) is 25.6 Å². The summed E-state index contributed by atoms with van der Waals surface area (Å²) in [4.78, 5) is 0.226. The molecule has 19 heavy (non-hydrogen) atoms. The van der Waals surface area contributed by atoms with E-state index in [0.29, 0.717) is 17.5 Å². The maximum atomic E-state index is 12.7. The zero-order valence-electron chi connectivity index (χ0n) is 11.5. The molecular weight excluding hydrogens is 280 g/mol. The highest BCUT2D eigenvalue weighted by atomic mass is 32.2. The Hall–Kier alpha value is -0.720. The molecule has 0 amide bonds. The van der Waals surface area contributed by atoms with E-state index in [2.05, 4.69) is 6.92 Å². The van der Waals surface area contributed by atoms with E-state index in [1.165, 1.54) is 0 Å². The van der Waals surface area contributed by atoms with Gasteiger partial charge in [-0.1, -0.05) is 13.0 Å². The zero-order chi connectivity index (χ0) is 14.2. The van der Waals surface area contributed by atoms with Crippen molar-refractivity contribution in [2.24, 2.45) is 0 Å². The maximum Gasteiger partial charge on any atom is 0.245 e. The third kappa shape index (κ3) is 2.75. The minimum Gasteiger partial charge on any atom is -0.398 e.